The lowest BCUT2D eigenvalue weighted by Crippen LogP contribution is -2.29. The lowest BCUT2D eigenvalue weighted by atomic mass is 10.1. The number of methoxy groups -OCH3 is 1. The van der Waals surface area contributed by atoms with Crippen molar-refractivity contribution in [3.8, 4) is 17.0 Å². The summed E-state index contributed by atoms with van der Waals surface area (Å²) in [5.41, 5.74) is 2.63. The molecule has 168 valence electrons. The van der Waals surface area contributed by atoms with Crippen molar-refractivity contribution in [3.05, 3.63) is 64.9 Å². The topological polar surface area (TPSA) is 103 Å². The van der Waals surface area contributed by atoms with Crippen molar-refractivity contribution in [2.24, 2.45) is 4.99 Å². The molecule has 10 heteroatoms. The van der Waals surface area contributed by atoms with Gasteiger partial charge in [-0.3, -0.25) is 19.1 Å². The van der Waals surface area contributed by atoms with Crippen LogP contribution >= 0.6 is 11.6 Å². The lowest BCUT2D eigenvalue weighted by Gasteiger charge is -2.16. The Balaban J connectivity index is 2.14. The van der Waals surface area contributed by atoms with Crippen molar-refractivity contribution in [3.63, 3.8) is 0 Å². The molecule has 2 aromatic heterocycles. The Bertz CT molecular complexity index is 1350. The number of halogens is 1. The van der Waals surface area contributed by atoms with E-state index >= 15 is 0 Å². The number of ether oxygens (including phenoxy) is 1. The molecular weight excluding hydrogens is 452 g/mol. The molecule has 0 saturated carbocycles. The molecule has 0 unspecified atom stereocenters. The fourth-order valence-corrected chi connectivity index (χ4v) is 4.86. The summed E-state index contributed by atoms with van der Waals surface area (Å²) in [7, 11) is -0.988. The number of carbonyl (C=O) groups is 1. The van der Waals surface area contributed by atoms with Gasteiger partial charge in [0.2, 0.25) is 11.8 Å². The third-order valence-electron chi connectivity index (χ3n) is 4.86. The summed E-state index contributed by atoms with van der Waals surface area (Å²) in [5.74, 6) is -0.00853. The SMILES string of the molecule is CCC(=O)n1c(C)c(-c2cnc(OC)c(NS(=O)(=O)c3ccccc3Cl)c2)ccc1=NC. The van der Waals surface area contributed by atoms with Crippen LogP contribution in [0.5, 0.6) is 5.88 Å². The van der Waals surface area contributed by atoms with Crippen molar-refractivity contribution in [2.75, 3.05) is 18.9 Å². The van der Waals surface area contributed by atoms with E-state index < -0.39 is 10.0 Å². The van der Waals surface area contributed by atoms with Crippen molar-refractivity contribution < 1.29 is 17.9 Å². The van der Waals surface area contributed by atoms with Crippen LogP contribution in [0.15, 0.2) is 58.5 Å². The second kappa shape index (κ2) is 9.54. The predicted molar refractivity (Wildman–Crippen MR) is 124 cm³/mol. The first kappa shape index (κ1) is 23.5. The van der Waals surface area contributed by atoms with Crippen LogP contribution in [-0.2, 0) is 10.0 Å². The van der Waals surface area contributed by atoms with Crippen molar-refractivity contribution in [1.29, 1.82) is 0 Å². The number of hydrogen-bond donors (Lipinski definition) is 1. The third-order valence-corrected chi connectivity index (χ3v) is 6.73. The van der Waals surface area contributed by atoms with Gasteiger partial charge in [-0.25, -0.2) is 13.4 Å². The van der Waals surface area contributed by atoms with E-state index in [1.807, 2.05) is 6.07 Å². The number of nitrogens with one attached hydrogen (secondary N) is 1. The van der Waals surface area contributed by atoms with Gasteiger partial charge in [0.1, 0.15) is 16.1 Å². The average Bonchev–Trinajstić information content (AvgIpc) is 2.78. The lowest BCUT2D eigenvalue weighted by molar-refractivity contribution is 0.0901. The quantitative estimate of drug-likeness (QED) is 0.583. The molecule has 0 aliphatic rings. The molecule has 3 aromatic rings. The Morgan fingerprint density at radius 2 is 1.97 bits per heavy atom. The van der Waals surface area contributed by atoms with Gasteiger partial charge in [-0.1, -0.05) is 30.7 Å². The second-order valence-corrected chi connectivity index (χ2v) is 8.87. The van der Waals surface area contributed by atoms with Gasteiger partial charge in [-0.05, 0) is 37.3 Å². The molecule has 0 aliphatic heterocycles. The molecule has 0 fully saturated rings. The number of aromatic nitrogens is 2. The van der Waals surface area contributed by atoms with E-state index in [1.165, 1.54) is 23.8 Å². The van der Waals surface area contributed by atoms with E-state index in [9.17, 15) is 13.2 Å². The van der Waals surface area contributed by atoms with E-state index in [0.717, 1.165) is 0 Å². The Hall–Kier alpha value is -3.17. The number of anilines is 1. The predicted octanol–water partition coefficient (Wildman–Crippen LogP) is 3.90. The Morgan fingerprint density at radius 1 is 1.25 bits per heavy atom. The van der Waals surface area contributed by atoms with Crippen LogP contribution in [0.3, 0.4) is 0 Å². The van der Waals surface area contributed by atoms with Crippen molar-refractivity contribution in [1.82, 2.24) is 9.55 Å². The minimum absolute atomic E-state index is 0.0643. The van der Waals surface area contributed by atoms with Crippen molar-refractivity contribution >= 4 is 33.2 Å². The number of sulfonamides is 1. The highest BCUT2D eigenvalue weighted by atomic mass is 35.5. The van der Waals surface area contributed by atoms with Gasteiger partial charge in [0.05, 0.1) is 12.1 Å². The Morgan fingerprint density at radius 3 is 2.59 bits per heavy atom. The summed E-state index contributed by atoms with van der Waals surface area (Å²) in [5, 5.41) is 0.0944. The number of benzene rings is 1. The van der Waals surface area contributed by atoms with Gasteiger partial charge < -0.3 is 4.74 Å². The molecule has 0 atom stereocenters. The summed E-state index contributed by atoms with van der Waals surface area (Å²) in [4.78, 5) is 20.9. The molecule has 1 N–H and O–H groups in total. The summed E-state index contributed by atoms with van der Waals surface area (Å²) in [6.45, 7) is 3.58. The largest absolute Gasteiger partial charge is 0.480 e. The molecule has 1 aromatic carbocycles. The zero-order valence-electron chi connectivity index (χ0n) is 18.1. The van der Waals surface area contributed by atoms with Gasteiger partial charge in [-0.15, -0.1) is 0 Å². The van der Waals surface area contributed by atoms with E-state index in [0.29, 0.717) is 28.7 Å². The highest BCUT2D eigenvalue weighted by Crippen LogP contribution is 2.32. The minimum Gasteiger partial charge on any atom is -0.480 e. The number of hydrogen-bond acceptors (Lipinski definition) is 6. The summed E-state index contributed by atoms with van der Waals surface area (Å²) >= 11 is 6.08. The fraction of sp³-hybridized carbons (Fsp3) is 0.227. The molecule has 0 aliphatic carbocycles. The maximum Gasteiger partial charge on any atom is 0.263 e. The molecule has 0 amide bonds. The zero-order chi connectivity index (χ0) is 23.5. The van der Waals surface area contributed by atoms with Crippen molar-refractivity contribution in [2.45, 2.75) is 25.2 Å². The van der Waals surface area contributed by atoms with Crippen LogP contribution in [0.25, 0.3) is 11.1 Å². The normalized spacial score (nSPS) is 12.0. The van der Waals surface area contributed by atoms with Crippen LogP contribution in [0, 0.1) is 6.92 Å². The minimum atomic E-state index is -4.00. The molecule has 2 heterocycles. The van der Waals surface area contributed by atoms with Crippen LogP contribution in [0.4, 0.5) is 5.69 Å². The molecule has 3 rings (SSSR count). The van der Waals surface area contributed by atoms with Gasteiger partial charge in [-0.2, -0.15) is 0 Å². The molecular formula is C22H23ClN4O4S. The monoisotopic (exact) mass is 474 g/mol. The van der Waals surface area contributed by atoms with E-state index in [1.54, 1.807) is 51.4 Å². The third kappa shape index (κ3) is 4.53. The first-order chi connectivity index (χ1) is 15.2. The fourth-order valence-electron chi connectivity index (χ4n) is 3.30. The summed E-state index contributed by atoms with van der Waals surface area (Å²) in [6.07, 6.45) is 1.86. The Kier molecular flexibility index (Phi) is 7.00. The maximum absolute atomic E-state index is 12.9. The summed E-state index contributed by atoms with van der Waals surface area (Å²) < 4.78 is 35.1. The smallest absolute Gasteiger partial charge is 0.263 e. The van der Waals surface area contributed by atoms with Crippen LogP contribution in [0.2, 0.25) is 5.02 Å². The van der Waals surface area contributed by atoms with Gasteiger partial charge in [0.25, 0.3) is 10.0 Å². The van der Waals surface area contributed by atoms with Gasteiger partial charge in [0, 0.05) is 36.5 Å². The van der Waals surface area contributed by atoms with Crippen LogP contribution < -0.4 is 14.9 Å². The standard InChI is InChI=1S/C22H23ClN4O4S/c1-5-21(28)27-14(2)16(10-11-20(27)24-3)15-12-18(22(31-4)25-13-15)26-32(29,30)19-9-7-6-8-17(19)23/h6-13,26H,5H2,1-4H3. The first-order valence-corrected chi connectivity index (χ1v) is 11.6. The van der Waals surface area contributed by atoms with E-state index in [4.69, 9.17) is 16.3 Å². The van der Waals surface area contributed by atoms with Crippen LogP contribution in [0.1, 0.15) is 23.8 Å². The number of nitrogens with zero attached hydrogens (tertiary/aromatic N) is 3. The molecule has 32 heavy (non-hydrogen) atoms. The molecule has 0 radical (unpaired) electrons. The van der Waals surface area contributed by atoms with Crippen LogP contribution in [-0.4, -0.2) is 38.0 Å². The number of pyridine rings is 2. The zero-order valence-corrected chi connectivity index (χ0v) is 19.7. The van der Waals surface area contributed by atoms with Gasteiger partial charge >= 0.3 is 0 Å². The number of rotatable bonds is 6. The van der Waals surface area contributed by atoms with E-state index in [-0.39, 0.29) is 27.4 Å². The molecule has 0 bridgehead atoms. The summed E-state index contributed by atoms with van der Waals surface area (Å²) in [6, 6.07) is 11.3. The highest BCUT2D eigenvalue weighted by Gasteiger charge is 2.21. The molecule has 0 saturated heterocycles. The average molecular weight is 475 g/mol. The molecule has 8 nitrogen and oxygen atoms in total. The number of carbonyl (C=O) groups excluding carboxylic acids is 1. The second-order valence-electron chi connectivity index (χ2n) is 6.81. The molecule has 0 spiro atoms. The Labute approximate surface area is 191 Å². The van der Waals surface area contributed by atoms with E-state index in [2.05, 4.69) is 14.7 Å². The first-order valence-electron chi connectivity index (χ1n) is 9.74. The van der Waals surface area contributed by atoms with Gasteiger partial charge in [0.15, 0.2) is 0 Å². The highest BCUT2D eigenvalue weighted by molar-refractivity contribution is 7.92. The maximum atomic E-state index is 12.9.